The fourth-order valence-electron chi connectivity index (χ4n) is 3.46. The van der Waals surface area contributed by atoms with Crippen LogP contribution in [0.1, 0.15) is 31.0 Å². The molecule has 0 spiro atoms. The summed E-state index contributed by atoms with van der Waals surface area (Å²) < 4.78 is 5.39. The Bertz CT molecular complexity index is 631. The summed E-state index contributed by atoms with van der Waals surface area (Å²) in [5, 5.41) is 17.5. The van der Waals surface area contributed by atoms with Gasteiger partial charge in [0.1, 0.15) is 0 Å². The Hall–Kier alpha value is -0.940. The maximum Gasteiger partial charge on any atom is 0.191 e. The van der Waals surface area contributed by atoms with Gasteiger partial charge in [-0.15, -0.1) is 24.0 Å². The highest BCUT2D eigenvalue weighted by Gasteiger charge is 2.25. The van der Waals surface area contributed by atoms with E-state index in [1.54, 1.807) is 0 Å². The van der Waals surface area contributed by atoms with E-state index in [9.17, 15) is 5.11 Å². The van der Waals surface area contributed by atoms with Crippen LogP contribution in [-0.4, -0.2) is 93.0 Å². The lowest BCUT2D eigenvalue weighted by atomic mass is 10.0. The zero-order valence-electron chi connectivity index (χ0n) is 19.1. The molecule has 0 radical (unpaired) electrons. The van der Waals surface area contributed by atoms with Crippen LogP contribution < -0.4 is 10.6 Å². The Balaban J connectivity index is 0.00000450. The van der Waals surface area contributed by atoms with Gasteiger partial charge >= 0.3 is 0 Å². The number of hydrogen-bond donors (Lipinski definition) is 3. The minimum Gasteiger partial charge on any atom is -0.387 e. The zero-order valence-corrected chi connectivity index (χ0v) is 21.5. The van der Waals surface area contributed by atoms with Crippen LogP contribution in [-0.2, 0) is 4.74 Å². The third-order valence-electron chi connectivity index (χ3n) is 5.14. The molecule has 1 aromatic carbocycles. The average molecular weight is 533 g/mol. The van der Waals surface area contributed by atoms with Crippen LogP contribution in [0.15, 0.2) is 29.3 Å². The number of guanidine groups is 1. The molecule has 0 saturated carbocycles. The molecule has 1 heterocycles. The van der Waals surface area contributed by atoms with Crippen LogP contribution in [0, 0.1) is 6.92 Å². The van der Waals surface area contributed by atoms with Gasteiger partial charge < -0.3 is 25.4 Å². The molecule has 172 valence electrons. The average Bonchev–Trinajstić information content (AvgIpc) is 2.68. The zero-order chi connectivity index (χ0) is 21.3. The Morgan fingerprint density at radius 3 is 2.43 bits per heavy atom. The third kappa shape index (κ3) is 9.47. The van der Waals surface area contributed by atoms with E-state index in [0.29, 0.717) is 13.1 Å². The molecule has 0 aromatic heterocycles. The Morgan fingerprint density at radius 2 is 1.87 bits per heavy atom. The van der Waals surface area contributed by atoms with Crippen molar-refractivity contribution in [3.63, 3.8) is 0 Å². The van der Waals surface area contributed by atoms with E-state index in [1.165, 1.54) is 11.1 Å². The fraction of sp³-hybridized carbons (Fsp3) is 0.682. The lowest BCUT2D eigenvalue weighted by Gasteiger charge is -2.33. The van der Waals surface area contributed by atoms with Crippen molar-refractivity contribution < 1.29 is 9.84 Å². The van der Waals surface area contributed by atoms with Gasteiger partial charge in [-0.05, 0) is 40.4 Å². The second-order valence-corrected chi connectivity index (χ2v) is 8.35. The maximum atomic E-state index is 10.8. The Morgan fingerprint density at radius 1 is 1.23 bits per heavy atom. The SMILES string of the molecule is CCNC(=NCC(C)(O)CN1CCOCC1)NCC(c1ccc(C)cc1)N(C)C.I. The summed E-state index contributed by atoms with van der Waals surface area (Å²) in [6, 6.07) is 8.88. The molecule has 2 rings (SSSR count). The number of halogens is 1. The first-order valence-electron chi connectivity index (χ1n) is 10.6. The number of likely N-dealkylation sites (N-methyl/N-ethyl adjacent to an activating group) is 1. The molecule has 2 atom stereocenters. The first-order valence-corrected chi connectivity index (χ1v) is 10.6. The Kier molecular flexibility index (Phi) is 12.2. The van der Waals surface area contributed by atoms with Crippen LogP contribution in [0.3, 0.4) is 0 Å². The highest BCUT2D eigenvalue weighted by atomic mass is 127. The molecule has 0 bridgehead atoms. The quantitative estimate of drug-likeness (QED) is 0.256. The molecule has 1 aliphatic heterocycles. The minimum atomic E-state index is -0.877. The van der Waals surface area contributed by atoms with Crippen molar-refractivity contribution in [2.24, 2.45) is 4.99 Å². The minimum absolute atomic E-state index is 0. The van der Waals surface area contributed by atoms with E-state index < -0.39 is 5.60 Å². The van der Waals surface area contributed by atoms with Gasteiger partial charge in [0.05, 0.1) is 31.4 Å². The molecule has 1 aromatic rings. The van der Waals surface area contributed by atoms with Crippen molar-refractivity contribution in [2.45, 2.75) is 32.4 Å². The summed E-state index contributed by atoms with van der Waals surface area (Å²) in [4.78, 5) is 9.10. The highest BCUT2D eigenvalue weighted by molar-refractivity contribution is 14.0. The molecular weight excluding hydrogens is 493 g/mol. The van der Waals surface area contributed by atoms with Crippen molar-refractivity contribution in [3.8, 4) is 0 Å². The molecule has 2 unspecified atom stereocenters. The van der Waals surface area contributed by atoms with Gasteiger partial charge in [0, 0.05) is 32.7 Å². The van der Waals surface area contributed by atoms with E-state index in [1.807, 2.05) is 13.8 Å². The van der Waals surface area contributed by atoms with Gasteiger partial charge in [0.2, 0.25) is 0 Å². The van der Waals surface area contributed by atoms with Crippen molar-refractivity contribution in [1.82, 2.24) is 20.4 Å². The molecule has 3 N–H and O–H groups in total. The molecule has 1 aliphatic rings. The van der Waals surface area contributed by atoms with Crippen LogP contribution >= 0.6 is 24.0 Å². The molecule has 8 heteroatoms. The van der Waals surface area contributed by atoms with Crippen molar-refractivity contribution >= 4 is 29.9 Å². The molecular formula is C22H40IN5O2. The monoisotopic (exact) mass is 533 g/mol. The first kappa shape index (κ1) is 27.1. The highest BCUT2D eigenvalue weighted by Crippen LogP contribution is 2.18. The van der Waals surface area contributed by atoms with Gasteiger partial charge in [-0.25, -0.2) is 0 Å². The smallest absolute Gasteiger partial charge is 0.191 e. The summed E-state index contributed by atoms with van der Waals surface area (Å²) in [6.45, 7) is 11.6. The van der Waals surface area contributed by atoms with Gasteiger partial charge in [0.25, 0.3) is 0 Å². The van der Waals surface area contributed by atoms with Gasteiger partial charge in [0.15, 0.2) is 5.96 Å². The number of β-amino-alcohol motifs (C(OH)–C–C–N with tert-alkyl or cyclic N) is 1. The number of morpholine rings is 1. The summed E-state index contributed by atoms with van der Waals surface area (Å²) in [7, 11) is 4.17. The number of aryl methyl sites for hydroxylation is 1. The maximum absolute atomic E-state index is 10.8. The normalized spacial score (nSPS) is 18.4. The van der Waals surface area contributed by atoms with Crippen LogP contribution in [0.25, 0.3) is 0 Å². The van der Waals surface area contributed by atoms with E-state index in [4.69, 9.17) is 4.74 Å². The Labute approximate surface area is 199 Å². The largest absolute Gasteiger partial charge is 0.387 e. The van der Waals surface area contributed by atoms with Gasteiger partial charge in [-0.2, -0.15) is 0 Å². The van der Waals surface area contributed by atoms with E-state index in [2.05, 4.69) is 70.7 Å². The number of aliphatic hydroxyl groups is 1. The fourth-order valence-corrected chi connectivity index (χ4v) is 3.46. The molecule has 1 fully saturated rings. The number of nitrogens with one attached hydrogen (secondary N) is 2. The molecule has 30 heavy (non-hydrogen) atoms. The predicted molar refractivity (Wildman–Crippen MR) is 135 cm³/mol. The first-order chi connectivity index (χ1) is 13.8. The summed E-state index contributed by atoms with van der Waals surface area (Å²) in [5.41, 5.74) is 1.65. The standard InChI is InChI=1S/C22H39N5O2.HI/c1-6-23-21(25-16-22(3,28)17-27-11-13-29-14-12-27)24-15-20(26(4)5)19-9-7-18(2)8-10-19;/h7-10,20,28H,6,11-17H2,1-5H3,(H2,23,24,25);1H. The van der Waals surface area contributed by atoms with E-state index in [0.717, 1.165) is 45.4 Å². The van der Waals surface area contributed by atoms with E-state index >= 15 is 0 Å². The van der Waals surface area contributed by atoms with Crippen molar-refractivity contribution in [2.75, 3.05) is 66.6 Å². The molecule has 1 saturated heterocycles. The molecule has 7 nitrogen and oxygen atoms in total. The van der Waals surface area contributed by atoms with Crippen LogP contribution in [0.4, 0.5) is 0 Å². The van der Waals surface area contributed by atoms with Crippen molar-refractivity contribution in [3.05, 3.63) is 35.4 Å². The summed E-state index contributed by atoms with van der Waals surface area (Å²) >= 11 is 0. The third-order valence-corrected chi connectivity index (χ3v) is 5.14. The predicted octanol–water partition coefficient (Wildman–Crippen LogP) is 1.85. The lowest BCUT2D eigenvalue weighted by molar-refractivity contribution is -0.0180. The van der Waals surface area contributed by atoms with Gasteiger partial charge in [-0.3, -0.25) is 9.89 Å². The second-order valence-electron chi connectivity index (χ2n) is 8.35. The number of nitrogens with zero attached hydrogens (tertiary/aromatic N) is 3. The molecule has 0 aliphatic carbocycles. The lowest BCUT2D eigenvalue weighted by Crippen LogP contribution is -2.48. The topological polar surface area (TPSA) is 72.4 Å². The summed E-state index contributed by atoms with van der Waals surface area (Å²) in [6.07, 6.45) is 0. The summed E-state index contributed by atoms with van der Waals surface area (Å²) in [5.74, 6) is 0.730. The molecule has 0 amide bonds. The number of ether oxygens (including phenoxy) is 1. The second kappa shape index (κ2) is 13.5. The number of benzene rings is 1. The number of rotatable bonds is 9. The van der Waals surface area contributed by atoms with Crippen LogP contribution in [0.2, 0.25) is 0 Å². The number of aliphatic imine (C=N–C) groups is 1. The number of hydrogen-bond acceptors (Lipinski definition) is 5. The van der Waals surface area contributed by atoms with E-state index in [-0.39, 0.29) is 30.0 Å². The van der Waals surface area contributed by atoms with Gasteiger partial charge in [-0.1, -0.05) is 29.8 Å². The van der Waals surface area contributed by atoms with Crippen LogP contribution in [0.5, 0.6) is 0 Å². The van der Waals surface area contributed by atoms with Crippen molar-refractivity contribution in [1.29, 1.82) is 0 Å².